The number of hydrogen-bond acceptors (Lipinski definition) is 3. The molecule has 1 aromatic rings. The molecule has 2 N–H and O–H groups in total. The largest absolute Gasteiger partial charge is 0.482 e. The quantitative estimate of drug-likeness (QED) is 0.719. The lowest BCUT2D eigenvalue weighted by molar-refractivity contribution is -0.123. The second-order valence-corrected chi connectivity index (χ2v) is 4.37. The van der Waals surface area contributed by atoms with E-state index in [4.69, 9.17) is 16.3 Å². The van der Waals surface area contributed by atoms with Gasteiger partial charge in [0.2, 0.25) is 0 Å². The molecule has 0 saturated heterocycles. The van der Waals surface area contributed by atoms with Gasteiger partial charge in [-0.25, -0.2) is 4.39 Å². The van der Waals surface area contributed by atoms with Gasteiger partial charge in [-0.2, -0.15) is 0 Å². The average Bonchev–Trinajstić information content (AvgIpc) is 2.37. The Kier molecular flexibility index (Phi) is 7.22. The van der Waals surface area contributed by atoms with Crippen LogP contribution in [-0.2, 0) is 4.79 Å². The van der Waals surface area contributed by atoms with Crippen LogP contribution < -0.4 is 15.4 Å². The minimum absolute atomic E-state index is 0.140. The van der Waals surface area contributed by atoms with Crippen molar-refractivity contribution in [1.82, 2.24) is 10.6 Å². The Morgan fingerprint density at radius 1 is 1.37 bits per heavy atom. The Morgan fingerprint density at radius 2 is 2.16 bits per heavy atom. The summed E-state index contributed by atoms with van der Waals surface area (Å²) < 4.78 is 18.0. The molecule has 1 aromatic carbocycles. The Morgan fingerprint density at radius 3 is 2.84 bits per heavy atom. The maximum atomic E-state index is 12.8. The second-order valence-electron chi connectivity index (χ2n) is 3.96. The Balaban J connectivity index is 2.22. The van der Waals surface area contributed by atoms with E-state index in [1.165, 1.54) is 12.1 Å². The third-order valence-corrected chi connectivity index (χ3v) is 2.60. The van der Waals surface area contributed by atoms with E-state index in [2.05, 4.69) is 17.6 Å². The number of carbonyl (C=O) groups excluding carboxylic acids is 1. The first kappa shape index (κ1) is 15.7. The molecule has 0 heterocycles. The minimum Gasteiger partial charge on any atom is -0.482 e. The van der Waals surface area contributed by atoms with Crippen molar-refractivity contribution < 1.29 is 13.9 Å². The van der Waals surface area contributed by atoms with Gasteiger partial charge in [0, 0.05) is 13.1 Å². The number of carbonyl (C=O) groups is 1. The topological polar surface area (TPSA) is 50.4 Å². The van der Waals surface area contributed by atoms with Gasteiger partial charge in [-0.1, -0.05) is 18.5 Å². The van der Waals surface area contributed by atoms with Crippen molar-refractivity contribution in [2.75, 3.05) is 26.2 Å². The number of amides is 1. The lowest BCUT2D eigenvalue weighted by atomic mass is 10.3. The molecule has 0 unspecified atom stereocenters. The normalized spacial score (nSPS) is 10.3. The van der Waals surface area contributed by atoms with Gasteiger partial charge < -0.3 is 15.4 Å². The molecule has 0 aliphatic rings. The first-order chi connectivity index (χ1) is 9.13. The Bertz CT molecular complexity index is 416. The first-order valence-electron chi connectivity index (χ1n) is 6.18. The number of benzene rings is 1. The maximum absolute atomic E-state index is 12.8. The summed E-state index contributed by atoms with van der Waals surface area (Å²) in [6, 6.07) is 3.77. The van der Waals surface area contributed by atoms with Gasteiger partial charge in [0.1, 0.15) is 11.6 Å². The predicted molar refractivity (Wildman–Crippen MR) is 73.1 cm³/mol. The van der Waals surface area contributed by atoms with Crippen molar-refractivity contribution in [2.45, 2.75) is 13.3 Å². The van der Waals surface area contributed by atoms with Crippen LogP contribution in [0.5, 0.6) is 5.75 Å². The van der Waals surface area contributed by atoms with Crippen LogP contribution in [0.4, 0.5) is 4.39 Å². The second kappa shape index (κ2) is 8.72. The third kappa shape index (κ3) is 6.40. The van der Waals surface area contributed by atoms with Gasteiger partial charge in [0.25, 0.3) is 5.91 Å². The van der Waals surface area contributed by atoms with Crippen LogP contribution in [0.1, 0.15) is 13.3 Å². The summed E-state index contributed by atoms with van der Waals surface area (Å²) >= 11 is 5.77. The summed E-state index contributed by atoms with van der Waals surface area (Å²) in [4.78, 5) is 11.4. The third-order valence-electron chi connectivity index (χ3n) is 2.30. The number of hydrogen-bond donors (Lipinski definition) is 2. The molecular formula is C13H18ClFN2O2. The van der Waals surface area contributed by atoms with Crippen LogP contribution >= 0.6 is 11.6 Å². The monoisotopic (exact) mass is 288 g/mol. The molecule has 0 spiro atoms. The van der Waals surface area contributed by atoms with Gasteiger partial charge in [-0.3, -0.25) is 4.79 Å². The van der Waals surface area contributed by atoms with Crippen LogP contribution in [0.15, 0.2) is 18.2 Å². The summed E-state index contributed by atoms with van der Waals surface area (Å²) in [5, 5.41) is 6.01. The predicted octanol–water partition coefficient (Wildman–Crippen LogP) is 1.97. The van der Waals surface area contributed by atoms with Crippen molar-refractivity contribution in [3.63, 3.8) is 0 Å². The van der Waals surface area contributed by atoms with E-state index in [9.17, 15) is 9.18 Å². The summed E-state index contributed by atoms with van der Waals surface area (Å²) in [5.74, 6) is -0.384. The molecule has 6 heteroatoms. The molecule has 1 rings (SSSR count). The Labute approximate surface area is 117 Å². The lowest BCUT2D eigenvalue weighted by Crippen LogP contribution is -2.35. The molecule has 0 bridgehead atoms. The van der Waals surface area contributed by atoms with E-state index in [-0.39, 0.29) is 17.5 Å². The maximum Gasteiger partial charge on any atom is 0.257 e. The molecule has 19 heavy (non-hydrogen) atoms. The highest BCUT2D eigenvalue weighted by atomic mass is 35.5. The van der Waals surface area contributed by atoms with Crippen LogP contribution in [0.2, 0.25) is 5.02 Å². The zero-order valence-electron chi connectivity index (χ0n) is 10.8. The number of ether oxygens (including phenoxy) is 1. The average molecular weight is 289 g/mol. The number of nitrogens with one attached hydrogen (secondary N) is 2. The van der Waals surface area contributed by atoms with E-state index in [0.29, 0.717) is 12.3 Å². The highest BCUT2D eigenvalue weighted by Gasteiger charge is 2.06. The fourth-order valence-corrected chi connectivity index (χ4v) is 1.60. The molecule has 4 nitrogen and oxygen atoms in total. The summed E-state index contributed by atoms with van der Waals surface area (Å²) in [6.07, 6.45) is 1.06. The zero-order chi connectivity index (χ0) is 14.1. The van der Waals surface area contributed by atoms with E-state index in [1.807, 2.05) is 0 Å². The fourth-order valence-electron chi connectivity index (χ4n) is 1.38. The molecule has 1 amide bonds. The molecule has 0 aromatic heterocycles. The molecule has 0 saturated carbocycles. The molecule has 106 valence electrons. The van der Waals surface area contributed by atoms with Gasteiger partial charge in [-0.15, -0.1) is 0 Å². The molecule has 0 fully saturated rings. The summed E-state index contributed by atoms with van der Waals surface area (Å²) in [7, 11) is 0. The zero-order valence-corrected chi connectivity index (χ0v) is 11.6. The fraction of sp³-hybridized carbons (Fsp3) is 0.462. The van der Waals surface area contributed by atoms with Gasteiger partial charge in [0.15, 0.2) is 6.61 Å². The molecule has 0 atom stereocenters. The first-order valence-corrected chi connectivity index (χ1v) is 6.56. The molecule has 0 aliphatic carbocycles. The molecule has 0 radical (unpaired) electrons. The molecular weight excluding hydrogens is 271 g/mol. The van der Waals surface area contributed by atoms with E-state index in [1.54, 1.807) is 0 Å². The van der Waals surface area contributed by atoms with Crippen LogP contribution in [0, 0.1) is 5.82 Å². The van der Waals surface area contributed by atoms with Gasteiger partial charge in [-0.05, 0) is 31.2 Å². The standard InChI is InChI=1S/C13H18ClFN2O2/c1-2-5-16-6-7-17-13(18)9-19-12-4-3-10(15)8-11(12)14/h3-4,8,16H,2,5-7,9H2,1H3,(H,17,18). The van der Waals surface area contributed by atoms with E-state index in [0.717, 1.165) is 25.6 Å². The van der Waals surface area contributed by atoms with Gasteiger partial charge >= 0.3 is 0 Å². The minimum atomic E-state index is -0.441. The van der Waals surface area contributed by atoms with Crippen molar-refractivity contribution >= 4 is 17.5 Å². The van der Waals surface area contributed by atoms with Crippen molar-refractivity contribution in [3.8, 4) is 5.75 Å². The number of halogens is 2. The van der Waals surface area contributed by atoms with Crippen molar-refractivity contribution in [3.05, 3.63) is 29.0 Å². The van der Waals surface area contributed by atoms with Crippen LogP contribution in [-0.4, -0.2) is 32.1 Å². The van der Waals surface area contributed by atoms with Crippen molar-refractivity contribution in [2.24, 2.45) is 0 Å². The molecule has 0 aliphatic heterocycles. The Hall–Kier alpha value is -1.33. The SMILES string of the molecule is CCCNCCNC(=O)COc1ccc(F)cc1Cl. The number of rotatable bonds is 8. The van der Waals surface area contributed by atoms with E-state index < -0.39 is 5.82 Å². The van der Waals surface area contributed by atoms with Crippen molar-refractivity contribution in [1.29, 1.82) is 0 Å². The van der Waals surface area contributed by atoms with Crippen LogP contribution in [0.25, 0.3) is 0 Å². The van der Waals surface area contributed by atoms with Gasteiger partial charge in [0.05, 0.1) is 5.02 Å². The summed E-state index contributed by atoms with van der Waals surface area (Å²) in [5.41, 5.74) is 0. The van der Waals surface area contributed by atoms with Crippen LogP contribution in [0.3, 0.4) is 0 Å². The highest BCUT2D eigenvalue weighted by Crippen LogP contribution is 2.24. The van der Waals surface area contributed by atoms with E-state index >= 15 is 0 Å². The summed E-state index contributed by atoms with van der Waals surface area (Å²) in [6.45, 7) is 4.12. The lowest BCUT2D eigenvalue weighted by Gasteiger charge is -2.09. The highest BCUT2D eigenvalue weighted by molar-refractivity contribution is 6.32. The smallest absolute Gasteiger partial charge is 0.257 e.